The molecule has 0 N–H and O–H groups in total. The number of benzene rings is 7. The number of hydrogen-bond acceptors (Lipinski definition) is 1. The van der Waals surface area contributed by atoms with E-state index < -0.39 is 0 Å². The van der Waals surface area contributed by atoms with Crippen LogP contribution < -0.4 is 0 Å². The summed E-state index contributed by atoms with van der Waals surface area (Å²) in [7, 11) is 0. The molecular weight excluding hydrogens is 496 g/mol. The summed E-state index contributed by atoms with van der Waals surface area (Å²) < 4.78 is 2.33. The van der Waals surface area contributed by atoms with E-state index in [4.69, 9.17) is 4.98 Å². The van der Waals surface area contributed by atoms with Gasteiger partial charge < -0.3 is 0 Å². The first-order valence-electron chi connectivity index (χ1n) is 14.1. The number of pyridine rings is 1. The average Bonchev–Trinajstić information content (AvgIpc) is 3.45. The van der Waals surface area contributed by atoms with Gasteiger partial charge in [0.2, 0.25) is 0 Å². The highest BCUT2D eigenvalue weighted by atomic mass is 15.0. The molecule has 9 rings (SSSR count). The van der Waals surface area contributed by atoms with Gasteiger partial charge in [0, 0.05) is 10.8 Å². The molecule has 2 nitrogen and oxygen atoms in total. The number of para-hydroxylation sites is 2. The molecule has 0 bridgehead atoms. The molecular formula is C39H24N2. The van der Waals surface area contributed by atoms with Crippen LogP contribution in [0.25, 0.3) is 82.2 Å². The van der Waals surface area contributed by atoms with Crippen molar-refractivity contribution >= 4 is 59.9 Å². The van der Waals surface area contributed by atoms with Crippen LogP contribution >= 0.6 is 0 Å². The molecule has 2 heterocycles. The molecule has 2 aromatic heterocycles. The Kier molecular flexibility index (Phi) is 4.64. The summed E-state index contributed by atoms with van der Waals surface area (Å²) in [6, 6.07) is 52.6. The van der Waals surface area contributed by atoms with Crippen molar-refractivity contribution in [2.45, 2.75) is 0 Å². The van der Waals surface area contributed by atoms with E-state index in [1.54, 1.807) is 0 Å². The minimum absolute atomic E-state index is 1.00. The van der Waals surface area contributed by atoms with Crippen molar-refractivity contribution in [1.82, 2.24) is 9.38 Å². The van der Waals surface area contributed by atoms with Gasteiger partial charge >= 0.3 is 0 Å². The lowest BCUT2D eigenvalue weighted by molar-refractivity contribution is 1.31. The maximum Gasteiger partial charge on any atom is 0.146 e. The number of fused-ring (bicyclic) bond motifs is 11. The smallest absolute Gasteiger partial charge is 0.146 e. The number of aromatic nitrogens is 2. The topological polar surface area (TPSA) is 17.3 Å². The van der Waals surface area contributed by atoms with Crippen LogP contribution in [0.1, 0.15) is 0 Å². The van der Waals surface area contributed by atoms with Gasteiger partial charge in [-0.1, -0.05) is 121 Å². The Morgan fingerprint density at radius 2 is 1.00 bits per heavy atom. The van der Waals surface area contributed by atoms with Gasteiger partial charge in [0.25, 0.3) is 0 Å². The lowest BCUT2D eigenvalue weighted by atomic mass is 9.92. The fraction of sp³-hybridized carbons (Fsp3) is 0. The van der Waals surface area contributed by atoms with E-state index in [1.165, 1.54) is 65.5 Å². The minimum atomic E-state index is 1.00. The van der Waals surface area contributed by atoms with Crippen LogP contribution in [0, 0.1) is 0 Å². The molecule has 9 aromatic rings. The third kappa shape index (κ3) is 3.28. The number of hydrogen-bond donors (Lipinski definition) is 0. The van der Waals surface area contributed by atoms with Crippen molar-refractivity contribution in [1.29, 1.82) is 0 Å². The zero-order chi connectivity index (χ0) is 26.9. The lowest BCUT2D eigenvalue weighted by Gasteiger charge is -2.13. The molecule has 0 fully saturated rings. The first-order chi connectivity index (χ1) is 20.3. The van der Waals surface area contributed by atoms with Crippen LogP contribution in [0.15, 0.2) is 146 Å². The molecule has 0 aliphatic carbocycles. The van der Waals surface area contributed by atoms with Crippen molar-refractivity contribution in [3.8, 4) is 22.3 Å². The van der Waals surface area contributed by atoms with Gasteiger partial charge in [-0.3, -0.25) is 4.40 Å². The molecule has 0 saturated carbocycles. The van der Waals surface area contributed by atoms with Gasteiger partial charge in [0.15, 0.2) is 0 Å². The summed E-state index contributed by atoms with van der Waals surface area (Å²) in [6.07, 6.45) is 0. The lowest BCUT2D eigenvalue weighted by Crippen LogP contribution is -1.92. The highest BCUT2D eigenvalue weighted by Gasteiger charge is 2.14. The Morgan fingerprint density at radius 3 is 1.83 bits per heavy atom. The van der Waals surface area contributed by atoms with E-state index in [0.29, 0.717) is 0 Å². The summed E-state index contributed by atoms with van der Waals surface area (Å²) >= 11 is 0. The largest absolute Gasteiger partial charge is 0.292 e. The Morgan fingerprint density at radius 1 is 0.390 bits per heavy atom. The van der Waals surface area contributed by atoms with Crippen LogP contribution in [0.4, 0.5) is 0 Å². The fourth-order valence-electron chi connectivity index (χ4n) is 6.62. The first kappa shape index (κ1) is 22.4. The van der Waals surface area contributed by atoms with Crippen LogP contribution in [-0.4, -0.2) is 9.38 Å². The van der Waals surface area contributed by atoms with E-state index in [0.717, 1.165) is 16.7 Å². The minimum Gasteiger partial charge on any atom is -0.292 e. The Bertz CT molecular complexity index is 2460. The zero-order valence-electron chi connectivity index (χ0n) is 22.3. The van der Waals surface area contributed by atoms with E-state index in [1.807, 2.05) is 0 Å². The van der Waals surface area contributed by atoms with Crippen LogP contribution in [0.2, 0.25) is 0 Å². The van der Waals surface area contributed by atoms with Crippen molar-refractivity contribution in [2.75, 3.05) is 0 Å². The third-order valence-corrected chi connectivity index (χ3v) is 8.55. The summed E-state index contributed by atoms with van der Waals surface area (Å²) in [4.78, 5) is 5.05. The summed E-state index contributed by atoms with van der Waals surface area (Å²) in [5.74, 6) is 0. The van der Waals surface area contributed by atoms with E-state index in [2.05, 4.69) is 150 Å². The number of rotatable bonds is 2. The van der Waals surface area contributed by atoms with Gasteiger partial charge in [-0.05, 0) is 73.5 Å². The van der Waals surface area contributed by atoms with Crippen molar-refractivity contribution in [3.63, 3.8) is 0 Å². The summed E-state index contributed by atoms with van der Waals surface area (Å²) in [5.41, 5.74) is 9.22. The molecule has 0 saturated heterocycles. The van der Waals surface area contributed by atoms with Crippen molar-refractivity contribution < 1.29 is 0 Å². The molecule has 0 atom stereocenters. The number of imidazole rings is 1. The van der Waals surface area contributed by atoms with Gasteiger partial charge in [-0.25, -0.2) is 4.98 Å². The molecule has 0 amide bonds. The van der Waals surface area contributed by atoms with E-state index >= 15 is 0 Å². The third-order valence-electron chi connectivity index (χ3n) is 8.55. The predicted molar refractivity (Wildman–Crippen MR) is 174 cm³/mol. The Hall–Kier alpha value is -5.47. The first-order valence-corrected chi connectivity index (χ1v) is 14.1. The van der Waals surface area contributed by atoms with Gasteiger partial charge in [-0.2, -0.15) is 0 Å². The van der Waals surface area contributed by atoms with Crippen LogP contribution in [-0.2, 0) is 0 Å². The van der Waals surface area contributed by atoms with E-state index in [9.17, 15) is 0 Å². The second-order valence-corrected chi connectivity index (χ2v) is 10.8. The van der Waals surface area contributed by atoms with E-state index in [-0.39, 0.29) is 0 Å². The molecule has 7 aromatic carbocycles. The summed E-state index contributed by atoms with van der Waals surface area (Å²) in [5, 5.41) is 8.79. The molecule has 41 heavy (non-hydrogen) atoms. The number of nitrogens with zero attached hydrogens (tertiary/aromatic N) is 2. The predicted octanol–water partition coefficient (Wildman–Crippen LogP) is 10.4. The SMILES string of the molecule is c1ccc2c(c1)cc(-c1ccc(-c3ccc4c5ccccc5c5nc6ccccc6n5c4c3)cc1)c1ccccc12. The van der Waals surface area contributed by atoms with Crippen LogP contribution in [0.3, 0.4) is 0 Å². The molecule has 2 heteroatoms. The standard InChI is InChI=1S/C39H24N2/c1-2-10-29-28(9-1)23-35(31-12-4-3-11-30(29)31)26-19-17-25(18-20-26)27-21-22-33-32-13-5-6-14-34(32)39-40-36-15-7-8-16-37(36)41(39)38(33)24-27/h1-24H. The normalized spacial score (nSPS) is 11.9. The quantitative estimate of drug-likeness (QED) is 0.207. The maximum atomic E-state index is 5.05. The second-order valence-electron chi connectivity index (χ2n) is 10.8. The van der Waals surface area contributed by atoms with Gasteiger partial charge in [0.05, 0.1) is 16.6 Å². The van der Waals surface area contributed by atoms with Gasteiger partial charge in [-0.15, -0.1) is 0 Å². The highest BCUT2D eigenvalue weighted by Crippen LogP contribution is 2.37. The molecule has 0 spiro atoms. The molecule has 0 aliphatic rings. The maximum absolute atomic E-state index is 5.05. The Labute approximate surface area is 236 Å². The van der Waals surface area contributed by atoms with Crippen molar-refractivity contribution in [2.24, 2.45) is 0 Å². The second kappa shape index (κ2) is 8.51. The van der Waals surface area contributed by atoms with Crippen LogP contribution in [0.5, 0.6) is 0 Å². The zero-order valence-corrected chi connectivity index (χ0v) is 22.3. The van der Waals surface area contributed by atoms with Crippen molar-refractivity contribution in [3.05, 3.63) is 146 Å². The molecule has 190 valence electrons. The monoisotopic (exact) mass is 520 g/mol. The summed E-state index contributed by atoms with van der Waals surface area (Å²) in [6.45, 7) is 0. The Balaban J connectivity index is 1.24. The molecule has 0 radical (unpaired) electrons. The van der Waals surface area contributed by atoms with Gasteiger partial charge in [0.1, 0.15) is 5.65 Å². The average molecular weight is 521 g/mol. The molecule has 0 aliphatic heterocycles. The highest BCUT2D eigenvalue weighted by molar-refractivity contribution is 6.15. The fourth-order valence-corrected chi connectivity index (χ4v) is 6.62. The molecule has 0 unspecified atom stereocenters.